The molecule has 2 atom stereocenters. The fourth-order valence-corrected chi connectivity index (χ4v) is 6.45. The number of carbonyl (C=O) groups excluding carboxylic acids is 3. The number of fused-ring (bicyclic) bond motifs is 1. The number of benzene rings is 3. The highest BCUT2D eigenvalue weighted by molar-refractivity contribution is 6.30. The Morgan fingerprint density at radius 3 is 2.42 bits per heavy atom. The highest BCUT2D eigenvalue weighted by Crippen LogP contribution is 2.30. The summed E-state index contributed by atoms with van der Waals surface area (Å²) >= 11 is 6.07. The summed E-state index contributed by atoms with van der Waals surface area (Å²) < 4.78 is 7.68. The lowest BCUT2D eigenvalue weighted by Gasteiger charge is -2.37. The van der Waals surface area contributed by atoms with E-state index in [0.717, 1.165) is 23.1 Å². The maximum Gasteiger partial charge on any atom is 0.410 e. The van der Waals surface area contributed by atoms with Gasteiger partial charge in [0, 0.05) is 41.8 Å². The summed E-state index contributed by atoms with van der Waals surface area (Å²) in [5.41, 5.74) is 8.52. The van der Waals surface area contributed by atoms with Crippen molar-refractivity contribution in [1.82, 2.24) is 19.4 Å². The van der Waals surface area contributed by atoms with Crippen LogP contribution in [0.3, 0.4) is 0 Å². The fraction of sp³-hybridized carbons (Fsp3) is 0.390. The molecule has 1 fully saturated rings. The standard InChI is InChI=1S/C41H48ClN7O4/c1-27(40(2,3)4)48(39(52)53-26-28-11-8-7-9-12-28)24-29-14-19-35-34(21-29)45-38(46-36(50)30-15-17-32(42)18-16-30)49(35)25-33-13-10-20-47(33)37(51)31(23-43)22-41(5,6)44/h7-9,11-12,14-19,21-22,27,33H,10,13,20,24-26,44H2,1-6H3,(H,45,46,50)/t27-,33?/m0/s1. The average molecular weight is 738 g/mol. The van der Waals surface area contributed by atoms with E-state index >= 15 is 0 Å². The van der Waals surface area contributed by atoms with Crippen molar-refractivity contribution in [3.05, 3.63) is 106 Å². The van der Waals surface area contributed by atoms with Gasteiger partial charge in [-0.25, -0.2) is 9.78 Å². The van der Waals surface area contributed by atoms with Crippen LogP contribution in [0, 0.1) is 16.7 Å². The lowest BCUT2D eigenvalue weighted by Crippen LogP contribution is -2.45. The molecule has 1 saturated heterocycles. The minimum Gasteiger partial charge on any atom is -0.445 e. The van der Waals surface area contributed by atoms with Crippen LogP contribution in [0.15, 0.2) is 84.4 Å². The van der Waals surface area contributed by atoms with Gasteiger partial charge >= 0.3 is 6.09 Å². The molecule has 278 valence electrons. The number of ether oxygens (including phenoxy) is 1. The van der Waals surface area contributed by atoms with E-state index in [2.05, 4.69) is 26.1 Å². The molecule has 0 radical (unpaired) electrons. The van der Waals surface area contributed by atoms with Crippen LogP contribution in [0.4, 0.5) is 10.7 Å². The van der Waals surface area contributed by atoms with Crippen LogP contribution < -0.4 is 11.1 Å². The van der Waals surface area contributed by atoms with Crippen molar-refractivity contribution < 1.29 is 19.1 Å². The first-order valence-electron chi connectivity index (χ1n) is 17.8. The van der Waals surface area contributed by atoms with Gasteiger partial charge in [0.2, 0.25) is 5.95 Å². The molecule has 1 aliphatic heterocycles. The third-order valence-electron chi connectivity index (χ3n) is 9.56. The first kappa shape index (κ1) is 39.0. The number of amides is 3. The molecule has 3 N–H and O–H groups in total. The molecule has 53 heavy (non-hydrogen) atoms. The fourth-order valence-electron chi connectivity index (χ4n) is 6.33. The first-order chi connectivity index (χ1) is 25.0. The number of nitrogens with zero attached hydrogens (tertiary/aromatic N) is 5. The molecule has 5 rings (SSSR count). The van der Waals surface area contributed by atoms with Crippen LogP contribution in [0.5, 0.6) is 0 Å². The van der Waals surface area contributed by atoms with Crippen LogP contribution in [0.25, 0.3) is 11.0 Å². The largest absolute Gasteiger partial charge is 0.445 e. The smallest absolute Gasteiger partial charge is 0.410 e. The van der Waals surface area contributed by atoms with E-state index in [1.807, 2.05) is 66.1 Å². The van der Waals surface area contributed by atoms with E-state index < -0.39 is 11.6 Å². The predicted octanol–water partition coefficient (Wildman–Crippen LogP) is 7.69. The van der Waals surface area contributed by atoms with E-state index in [0.29, 0.717) is 41.6 Å². The third kappa shape index (κ3) is 9.83. The molecule has 12 heteroatoms. The zero-order chi connectivity index (χ0) is 38.5. The maximum atomic E-state index is 13.6. The molecular formula is C41H48ClN7O4. The van der Waals surface area contributed by atoms with Gasteiger partial charge in [-0.15, -0.1) is 0 Å². The Morgan fingerprint density at radius 1 is 1.08 bits per heavy atom. The summed E-state index contributed by atoms with van der Waals surface area (Å²) in [5, 5.41) is 13.3. The lowest BCUT2D eigenvalue weighted by molar-refractivity contribution is -0.127. The summed E-state index contributed by atoms with van der Waals surface area (Å²) in [4.78, 5) is 49.0. The van der Waals surface area contributed by atoms with Crippen molar-refractivity contribution in [2.75, 3.05) is 11.9 Å². The van der Waals surface area contributed by atoms with Gasteiger partial charge in [-0.1, -0.05) is 68.8 Å². The van der Waals surface area contributed by atoms with Crippen molar-refractivity contribution in [1.29, 1.82) is 5.26 Å². The van der Waals surface area contributed by atoms with Crippen LogP contribution in [-0.4, -0.2) is 61.4 Å². The number of hydrogen-bond donors (Lipinski definition) is 2. The molecule has 0 saturated carbocycles. The third-order valence-corrected chi connectivity index (χ3v) is 9.81. The molecule has 4 aromatic rings. The number of hydrogen-bond acceptors (Lipinski definition) is 7. The number of imidazole rings is 1. The summed E-state index contributed by atoms with van der Waals surface area (Å²) in [6, 6.07) is 23.5. The van der Waals surface area contributed by atoms with Gasteiger partial charge in [-0.2, -0.15) is 5.26 Å². The molecule has 1 aromatic heterocycles. The van der Waals surface area contributed by atoms with Crippen LogP contribution in [-0.2, 0) is 29.2 Å². The van der Waals surface area contributed by atoms with Crippen LogP contribution in [0.2, 0.25) is 5.02 Å². The molecule has 0 bridgehead atoms. The molecule has 3 amide bonds. The Kier molecular flexibility index (Phi) is 12.0. The highest BCUT2D eigenvalue weighted by atomic mass is 35.5. The lowest BCUT2D eigenvalue weighted by atomic mass is 9.87. The highest BCUT2D eigenvalue weighted by Gasteiger charge is 2.34. The number of likely N-dealkylation sites (tertiary alicyclic amines) is 1. The second-order valence-electron chi connectivity index (χ2n) is 15.3. The summed E-state index contributed by atoms with van der Waals surface area (Å²) in [6.45, 7) is 13.0. The molecule has 11 nitrogen and oxygen atoms in total. The van der Waals surface area contributed by atoms with Crippen molar-refractivity contribution in [2.24, 2.45) is 11.1 Å². The van der Waals surface area contributed by atoms with Gasteiger partial charge in [-0.05, 0) is 92.6 Å². The van der Waals surface area contributed by atoms with Gasteiger partial charge in [0.25, 0.3) is 11.8 Å². The molecular weight excluding hydrogens is 690 g/mol. The molecule has 1 aliphatic rings. The summed E-state index contributed by atoms with van der Waals surface area (Å²) in [5.74, 6) is -0.444. The molecule has 0 spiro atoms. The van der Waals surface area contributed by atoms with E-state index in [4.69, 9.17) is 27.1 Å². The van der Waals surface area contributed by atoms with Crippen LogP contribution >= 0.6 is 11.6 Å². The number of nitriles is 1. The van der Waals surface area contributed by atoms with Crippen molar-refractivity contribution >= 4 is 46.5 Å². The number of rotatable bonds is 11. The number of halogens is 1. The van der Waals surface area contributed by atoms with Gasteiger partial charge in [0.1, 0.15) is 18.2 Å². The minimum atomic E-state index is -0.841. The quantitative estimate of drug-likeness (QED) is 0.119. The normalized spacial score (nSPS) is 15.6. The van der Waals surface area contributed by atoms with Gasteiger partial charge in [0.05, 0.1) is 17.1 Å². The van der Waals surface area contributed by atoms with E-state index in [9.17, 15) is 19.6 Å². The minimum absolute atomic E-state index is 0.00266. The van der Waals surface area contributed by atoms with Crippen LogP contribution in [0.1, 0.15) is 75.9 Å². The topological polar surface area (TPSA) is 147 Å². The second-order valence-corrected chi connectivity index (χ2v) is 15.8. The zero-order valence-electron chi connectivity index (χ0n) is 31.2. The molecule has 0 aliphatic carbocycles. The molecule has 1 unspecified atom stereocenters. The predicted molar refractivity (Wildman–Crippen MR) is 207 cm³/mol. The Morgan fingerprint density at radius 2 is 1.77 bits per heavy atom. The Balaban J connectivity index is 1.48. The van der Waals surface area contributed by atoms with Gasteiger partial charge in [0.15, 0.2) is 0 Å². The second kappa shape index (κ2) is 16.2. The monoisotopic (exact) mass is 737 g/mol. The van der Waals surface area contributed by atoms with Gasteiger partial charge < -0.3 is 24.8 Å². The van der Waals surface area contributed by atoms with E-state index in [-0.39, 0.29) is 48.0 Å². The van der Waals surface area contributed by atoms with E-state index in [1.54, 1.807) is 47.9 Å². The Bertz CT molecular complexity index is 2020. The number of nitrogens with one attached hydrogen (secondary N) is 1. The number of anilines is 1. The molecule has 3 aromatic carbocycles. The average Bonchev–Trinajstić information content (AvgIpc) is 3.71. The number of aromatic nitrogens is 2. The number of carbonyl (C=O) groups is 3. The van der Waals surface area contributed by atoms with Crippen molar-refractivity contribution in [2.45, 2.75) is 91.7 Å². The SMILES string of the molecule is C[C@H](N(Cc1ccc2c(c1)nc(NC(=O)c1ccc(Cl)cc1)n2CC1CCCN1C(=O)C(C#N)=CC(C)(C)N)C(=O)OCc1ccccc1)C(C)(C)C. The van der Waals surface area contributed by atoms with Crippen molar-refractivity contribution in [3.8, 4) is 6.07 Å². The summed E-state index contributed by atoms with van der Waals surface area (Å²) in [7, 11) is 0. The zero-order valence-corrected chi connectivity index (χ0v) is 32.0. The first-order valence-corrected chi connectivity index (χ1v) is 18.2. The Hall–Kier alpha value is -5.18. The number of nitrogens with two attached hydrogens (primary N) is 1. The van der Waals surface area contributed by atoms with Crippen molar-refractivity contribution in [3.63, 3.8) is 0 Å². The molecule has 2 heterocycles. The van der Waals surface area contributed by atoms with Gasteiger partial charge in [-0.3, -0.25) is 14.9 Å². The maximum absolute atomic E-state index is 13.6. The van der Waals surface area contributed by atoms with E-state index in [1.165, 1.54) is 6.08 Å². The Labute approximate surface area is 316 Å². The summed E-state index contributed by atoms with van der Waals surface area (Å²) in [6.07, 6.45) is 2.53.